The highest BCUT2D eigenvalue weighted by atomic mass is 19.4. The summed E-state index contributed by atoms with van der Waals surface area (Å²) in [6, 6.07) is 0.846. The van der Waals surface area contributed by atoms with Gasteiger partial charge in [0.1, 0.15) is 11.2 Å². The van der Waals surface area contributed by atoms with Crippen LogP contribution in [0.3, 0.4) is 0 Å². The van der Waals surface area contributed by atoms with E-state index in [0.717, 1.165) is 31.3 Å². The van der Waals surface area contributed by atoms with Crippen molar-refractivity contribution >= 4 is 17.0 Å². The van der Waals surface area contributed by atoms with Gasteiger partial charge in [-0.25, -0.2) is 9.97 Å². The second kappa shape index (κ2) is 8.75. The number of aliphatic hydroxyl groups excluding tert-OH is 1. The van der Waals surface area contributed by atoms with Crippen molar-refractivity contribution in [1.29, 1.82) is 0 Å². The van der Waals surface area contributed by atoms with Gasteiger partial charge >= 0.3 is 6.18 Å². The molecule has 35 heavy (non-hydrogen) atoms. The maximum Gasteiger partial charge on any atom is 0.417 e. The number of nitrogens with zero attached hydrogens (tertiary/aromatic N) is 5. The molecule has 3 aromatic rings. The molecule has 5 rings (SSSR count). The lowest BCUT2D eigenvalue weighted by Crippen LogP contribution is -2.51. The monoisotopic (exact) mass is 487 g/mol. The molecule has 0 aliphatic carbocycles. The third kappa shape index (κ3) is 4.20. The number of pyridine rings is 1. The van der Waals surface area contributed by atoms with Crippen LogP contribution in [0.15, 0.2) is 18.5 Å². The summed E-state index contributed by atoms with van der Waals surface area (Å²) in [7, 11) is 0. The zero-order valence-corrected chi connectivity index (χ0v) is 18.9. The largest absolute Gasteiger partial charge is 0.417 e. The van der Waals surface area contributed by atoms with E-state index in [1.165, 1.54) is 0 Å². The van der Waals surface area contributed by atoms with Gasteiger partial charge in [0.2, 0.25) is 0 Å². The molecule has 0 amide bonds. The van der Waals surface area contributed by atoms with Crippen LogP contribution in [0.2, 0.25) is 0 Å². The number of halogens is 3. The highest BCUT2D eigenvalue weighted by Gasteiger charge is 2.47. The number of nitrogens with two attached hydrogens (primary N) is 1. The number of hydrogen-bond acceptors (Lipinski definition) is 8. The Bertz CT molecular complexity index is 1310. The van der Waals surface area contributed by atoms with Crippen LogP contribution >= 0.6 is 0 Å². The van der Waals surface area contributed by atoms with Gasteiger partial charge in [-0.3, -0.25) is 10.1 Å². The van der Waals surface area contributed by atoms with Gasteiger partial charge in [-0.05, 0) is 31.8 Å². The van der Waals surface area contributed by atoms with Crippen LogP contribution in [-0.2, 0) is 17.5 Å². The van der Waals surface area contributed by atoms with Crippen molar-refractivity contribution in [3.8, 4) is 11.8 Å². The van der Waals surface area contributed by atoms with Crippen molar-refractivity contribution in [2.45, 2.75) is 44.7 Å². The number of alkyl halides is 3. The quantitative estimate of drug-likeness (QED) is 0.469. The number of hydrogen-bond donors (Lipinski definition) is 3. The number of aromatic amines is 1. The summed E-state index contributed by atoms with van der Waals surface area (Å²) in [6.07, 6.45) is -0.758. The Balaban J connectivity index is 1.43. The summed E-state index contributed by atoms with van der Waals surface area (Å²) >= 11 is 0. The number of aromatic nitrogens is 5. The first kappa shape index (κ1) is 23.5. The van der Waals surface area contributed by atoms with E-state index in [4.69, 9.17) is 10.5 Å². The second-order valence-electron chi connectivity index (χ2n) is 8.98. The molecule has 1 spiro atoms. The van der Waals surface area contributed by atoms with Crippen molar-refractivity contribution in [2.75, 3.05) is 24.6 Å². The van der Waals surface area contributed by atoms with E-state index in [0.29, 0.717) is 36.9 Å². The minimum Gasteiger partial charge on any atom is -0.390 e. The maximum absolute atomic E-state index is 13.2. The van der Waals surface area contributed by atoms with E-state index in [9.17, 15) is 18.3 Å². The Hall–Kier alpha value is -3.27. The van der Waals surface area contributed by atoms with Gasteiger partial charge in [-0.2, -0.15) is 18.3 Å². The Kier molecular flexibility index (Phi) is 5.86. The zero-order valence-electron chi connectivity index (χ0n) is 18.9. The second-order valence-corrected chi connectivity index (χ2v) is 8.98. The van der Waals surface area contributed by atoms with Crippen LogP contribution in [0, 0.1) is 17.3 Å². The number of ether oxygens (including phenoxy) is 1. The van der Waals surface area contributed by atoms with E-state index >= 15 is 0 Å². The molecular formula is C23H24F3N7O2. The third-order valence-corrected chi connectivity index (χ3v) is 6.94. The molecule has 2 aliphatic rings. The maximum atomic E-state index is 13.2. The average Bonchev–Trinajstić information content (AvgIpc) is 3.37. The summed E-state index contributed by atoms with van der Waals surface area (Å²) in [4.78, 5) is 14.9. The molecule has 0 bridgehead atoms. The van der Waals surface area contributed by atoms with Crippen molar-refractivity contribution in [2.24, 2.45) is 11.1 Å². The lowest BCUT2D eigenvalue weighted by atomic mass is 9.73. The topological polar surface area (TPSA) is 126 Å². The molecule has 12 heteroatoms. The number of nitrogens with one attached hydrogen (secondary N) is 1. The van der Waals surface area contributed by atoms with E-state index in [-0.39, 0.29) is 40.9 Å². The molecule has 0 radical (unpaired) electrons. The Morgan fingerprint density at radius 2 is 2.06 bits per heavy atom. The molecular weight excluding hydrogens is 463 g/mol. The van der Waals surface area contributed by atoms with Gasteiger partial charge in [-0.15, -0.1) is 0 Å². The first-order valence-electron chi connectivity index (χ1n) is 11.2. The summed E-state index contributed by atoms with van der Waals surface area (Å²) in [5.41, 5.74) is 6.27. The zero-order chi connectivity index (χ0) is 24.8. The van der Waals surface area contributed by atoms with Crippen LogP contribution in [0.1, 0.15) is 42.3 Å². The summed E-state index contributed by atoms with van der Waals surface area (Å²) in [5, 5.41) is 16.8. The van der Waals surface area contributed by atoms with Crippen LogP contribution in [-0.4, -0.2) is 62.1 Å². The molecule has 0 aromatic carbocycles. The first-order chi connectivity index (χ1) is 16.7. The fraction of sp³-hybridized carbons (Fsp3) is 0.478. The van der Waals surface area contributed by atoms with Gasteiger partial charge in [0.05, 0.1) is 30.4 Å². The number of anilines is 1. The average molecular weight is 487 g/mol. The molecule has 2 fully saturated rings. The third-order valence-electron chi connectivity index (χ3n) is 6.94. The molecule has 2 saturated heterocycles. The number of aliphatic hydroxyl groups is 1. The number of rotatable bonds is 2. The standard InChI is InChI=1S/C23H24F3N7O2/c1-13-19(27)22(12-35-13)5-8-33(9-6-22)21-17(11-34)29-18-16(31-32-20(18)30-21)3-2-14-10-28-7-4-15(14)23(24,25)26/h4,7,10,13,19,34H,5-6,8-9,11-12,27H2,1H3,(H,30,31,32)/t13-,19+/m0/s1. The first-order valence-corrected chi connectivity index (χ1v) is 11.2. The van der Waals surface area contributed by atoms with Gasteiger partial charge in [0, 0.05) is 36.9 Å². The van der Waals surface area contributed by atoms with Gasteiger partial charge in [-0.1, -0.05) is 5.92 Å². The Morgan fingerprint density at radius 1 is 1.29 bits per heavy atom. The lowest BCUT2D eigenvalue weighted by molar-refractivity contribution is -0.137. The molecule has 184 valence electrons. The Labute approximate surface area is 198 Å². The number of fused-ring (bicyclic) bond motifs is 1. The van der Waals surface area contributed by atoms with Gasteiger partial charge in [0.25, 0.3) is 0 Å². The summed E-state index contributed by atoms with van der Waals surface area (Å²) < 4.78 is 45.5. The molecule has 0 unspecified atom stereocenters. The van der Waals surface area contributed by atoms with Gasteiger partial charge < -0.3 is 20.5 Å². The molecule has 2 atom stereocenters. The van der Waals surface area contributed by atoms with Gasteiger partial charge in [0.15, 0.2) is 17.2 Å². The SMILES string of the molecule is C[C@@H]1OCC2(CCN(c3nc4[nH]nc(C#Cc5cnccc5C(F)(F)F)c4nc3CO)CC2)[C@@H]1N. The smallest absolute Gasteiger partial charge is 0.390 e. The van der Waals surface area contributed by atoms with E-state index in [1.54, 1.807) is 0 Å². The van der Waals surface area contributed by atoms with Crippen molar-refractivity contribution in [3.05, 3.63) is 41.0 Å². The van der Waals surface area contributed by atoms with E-state index in [1.807, 2.05) is 6.92 Å². The molecule has 0 saturated carbocycles. The van der Waals surface area contributed by atoms with Crippen LogP contribution in [0.4, 0.5) is 19.0 Å². The van der Waals surface area contributed by atoms with Crippen LogP contribution in [0.25, 0.3) is 11.2 Å². The normalized spacial score (nSPS) is 21.9. The highest BCUT2D eigenvalue weighted by Crippen LogP contribution is 2.42. The minimum atomic E-state index is -4.56. The van der Waals surface area contributed by atoms with Crippen molar-refractivity contribution in [1.82, 2.24) is 25.1 Å². The fourth-order valence-electron chi connectivity index (χ4n) is 4.82. The van der Waals surface area contributed by atoms with E-state index < -0.39 is 11.7 Å². The number of H-pyrrole nitrogens is 1. The van der Waals surface area contributed by atoms with Crippen molar-refractivity contribution < 1.29 is 23.0 Å². The minimum absolute atomic E-state index is 0.0223. The predicted molar refractivity (Wildman–Crippen MR) is 120 cm³/mol. The molecule has 5 heterocycles. The molecule has 4 N–H and O–H groups in total. The lowest BCUT2D eigenvalue weighted by Gasteiger charge is -2.41. The van der Waals surface area contributed by atoms with E-state index in [2.05, 4.69) is 41.9 Å². The molecule has 9 nitrogen and oxygen atoms in total. The Morgan fingerprint density at radius 3 is 2.71 bits per heavy atom. The summed E-state index contributed by atoms with van der Waals surface area (Å²) in [6.45, 7) is 3.62. The molecule has 3 aromatic heterocycles. The summed E-state index contributed by atoms with van der Waals surface area (Å²) in [5.74, 6) is 5.65. The highest BCUT2D eigenvalue weighted by molar-refractivity contribution is 5.78. The van der Waals surface area contributed by atoms with Crippen LogP contribution < -0.4 is 10.6 Å². The number of piperidine rings is 1. The molecule has 2 aliphatic heterocycles. The van der Waals surface area contributed by atoms with Crippen molar-refractivity contribution in [3.63, 3.8) is 0 Å². The predicted octanol–water partition coefficient (Wildman–Crippen LogP) is 1.99. The van der Waals surface area contributed by atoms with Crippen LogP contribution in [0.5, 0.6) is 0 Å². The fourth-order valence-corrected chi connectivity index (χ4v) is 4.82.